The van der Waals surface area contributed by atoms with Crippen LogP contribution in [0.3, 0.4) is 0 Å². The maximum Gasteiger partial charge on any atom is 0.291 e. The van der Waals surface area contributed by atoms with Gasteiger partial charge in [0.2, 0.25) is 0 Å². The van der Waals surface area contributed by atoms with Gasteiger partial charge in [0, 0.05) is 0 Å². The van der Waals surface area contributed by atoms with Crippen LogP contribution in [0, 0.1) is 6.92 Å². The topological polar surface area (TPSA) is 98.1 Å². The SMILES string of the molecule is Cc1[nH][nH]c(=O)c1N=Nc1ccc(N=Nc2ccccc2)cc1. The van der Waals surface area contributed by atoms with Gasteiger partial charge in [0.15, 0.2) is 5.69 Å². The summed E-state index contributed by atoms with van der Waals surface area (Å²) in [5.74, 6) is 0. The lowest BCUT2D eigenvalue weighted by molar-refractivity contribution is 1.02. The highest BCUT2D eigenvalue weighted by molar-refractivity contribution is 5.48. The number of nitrogens with one attached hydrogen (secondary N) is 2. The molecule has 2 N–H and O–H groups in total. The van der Waals surface area contributed by atoms with Crippen molar-refractivity contribution in [1.29, 1.82) is 0 Å². The summed E-state index contributed by atoms with van der Waals surface area (Å²) in [5, 5.41) is 21.4. The van der Waals surface area contributed by atoms with E-state index in [1.54, 1.807) is 31.2 Å². The number of aryl methyl sites for hydroxylation is 1. The van der Waals surface area contributed by atoms with Crippen molar-refractivity contribution in [1.82, 2.24) is 10.2 Å². The molecule has 0 spiro atoms. The summed E-state index contributed by atoms with van der Waals surface area (Å²) >= 11 is 0. The molecular formula is C16H14N6O. The second-order valence-electron chi connectivity index (χ2n) is 4.80. The number of hydrogen-bond donors (Lipinski definition) is 2. The molecule has 7 nitrogen and oxygen atoms in total. The molecule has 1 heterocycles. The van der Waals surface area contributed by atoms with E-state index in [4.69, 9.17) is 0 Å². The standard InChI is InChI=1S/C16H14N6O/c1-11-15(16(23)22-17-11)21-20-14-9-7-13(8-10-14)19-18-12-5-3-2-4-6-12/h2-10H,1H3,(H2,17,22,23). The summed E-state index contributed by atoms with van der Waals surface area (Å²) in [4.78, 5) is 11.5. The van der Waals surface area contributed by atoms with E-state index in [1.807, 2.05) is 30.3 Å². The zero-order valence-corrected chi connectivity index (χ0v) is 12.4. The molecule has 2 aromatic carbocycles. The predicted octanol–water partition coefficient (Wildman–Crippen LogP) is 4.84. The van der Waals surface area contributed by atoms with Crippen LogP contribution >= 0.6 is 0 Å². The van der Waals surface area contributed by atoms with Gasteiger partial charge >= 0.3 is 0 Å². The van der Waals surface area contributed by atoms with E-state index < -0.39 is 0 Å². The van der Waals surface area contributed by atoms with Crippen LogP contribution in [-0.4, -0.2) is 10.2 Å². The molecule has 1 aromatic heterocycles. The Kier molecular flexibility index (Phi) is 4.19. The first-order valence-corrected chi connectivity index (χ1v) is 6.98. The van der Waals surface area contributed by atoms with Crippen LogP contribution in [0.4, 0.5) is 22.7 Å². The molecule has 7 heteroatoms. The summed E-state index contributed by atoms with van der Waals surface area (Å²) in [7, 11) is 0. The summed E-state index contributed by atoms with van der Waals surface area (Å²) in [6.07, 6.45) is 0. The van der Waals surface area contributed by atoms with E-state index in [1.165, 1.54) is 0 Å². The second-order valence-corrected chi connectivity index (χ2v) is 4.80. The molecular weight excluding hydrogens is 292 g/mol. The quantitative estimate of drug-likeness (QED) is 0.662. The number of hydrogen-bond acceptors (Lipinski definition) is 5. The number of nitrogens with zero attached hydrogens (tertiary/aromatic N) is 4. The molecule has 3 rings (SSSR count). The van der Waals surface area contributed by atoms with Gasteiger partial charge in [-0.1, -0.05) is 18.2 Å². The number of aromatic nitrogens is 2. The van der Waals surface area contributed by atoms with Gasteiger partial charge in [-0.25, -0.2) is 0 Å². The van der Waals surface area contributed by atoms with E-state index in [2.05, 4.69) is 30.7 Å². The summed E-state index contributed by atoms with van der Waals surface area (Å²) < 4.78 is 0. The van der Waals surface area contributed by atoms with E-state index >= 15 is 0 Å². The Balaban J connectivity index is 1.72. The van der Waals surface area contributed by atoms with Crippen molar-refractivity contribution < 1.29 is 0 Å². The zero-order valence-electron chi connectivity index (χ0n) is 12.4. The molecule has 0 saturated carbocycles. The number of rotatable bonds is 4. The Labute approximate surface area is 131 Å². The number of azo groups is 2. The minimum atomic E-state index is -0.292. The third kappa shape index (κ3) is 3.65. The highest BCUT2D eigenvalue weighted by Crippen LogP contribution is 2.22. The van der Waals surface area contributed by atoms with E-state index in [0.717, 1.165) is 5.69 Å². The molecule has 0 radical (unpaired) electrons. The Morgan fingerprint density at radius 2 is 1.22 bits per heavy atom. The minimum absolute atomic E-state index is 0.276. The van der Waals surface area contributed by atoms with E-state index in [9.17, 15) is 4.79 Å². The molecule has 0 aliphatic rings. The van der Waals surface area contributed by atoms with Crippen LogP contribution in [0.5, 0.6) is 0 Å². The molecule has 3 aromatic rings. The van der Waals surface area contributed by atoms with Gasteiger partial charge < -0.3 is 5.10 Å². The first-order valence-electron chi connectivity index (χ1n) is 6.98. The van der Waals surface area contributed by atoms with Crippen LogP contribution < -0.4 is 5.56 Å². The lowest BCUT2D eigenvalue weighted by atomic mass is 10.3. The maximum atomic E-state index is 11.5. The van der Waals surface area contributed by atoms with Gasteiger partial charge in [-0.3, -0.25) is 9.89 Å². The predicted molar refractivity (Wildman–Crippen MR) is 87.4 cm³/mol. The van der Waals surface area contributed by atoms with Crippen molar-refractivity contribution in [3.05, 3.63) is 70.6 Å². The lowest BCUT2D eigenvalue weighted by Crippen LogP contribution is -1.96. The Morgan fingerprint density at radius 1 is 0.696 bits per heavy atom. The van der Waals surface area contributed by atoms with Crippen LogP contribution in [0.2, 0.25) is 0 Å². The Hall–Kier alpha value is -3.35. The third-order valence-electron chi connectivity index (χ3n) is 3.09. The van der Waals surface area contributed by atoms with E-state index in [-0.39, 0.29) is 11.2 Å². The number of H-pyrrole nitrogens is 2. The number of benzene rings is 2. The lowest BCUT2D eigenvalue weighted by Gasteiger charge is -1.94. The van der Waals surface area contributed by atoms with Crippen molar-refractivity contribution in [2.75, 3.05) is 0 Å². The van der Waals surface area contributed by atoms with Gasteiger partial charge in [0.05, 0.1) is 22.8 Å². The second kappa shape index (κ2) is 6.61. The van der Waals surface area contributed by atoms with Crippen molar-refractivity contribution in [3.63, 3.8) is 0 Å². The fraction of sp³-hybridized carbons (Fsp3) is 0.0625. The third-order valence-corrected chi connectivity index (χ3v) is 3.09. The maximum absolute atomic E-state index is 11.5. The molecule has 23 heavy (non-hydrogen) atoms. The van der Waals surface area contributed by atoms with Crippen molar-refractivity contribution >= 4 is 22.7 Å². The molecule has 0 atom stereocenters. The van der Waals surface area contributed by atoms with Crippen LogP contribution in [0.1, 0.15) is 5.69 Å². The van der Waals surface area contributed by atoms with Crippen LogP contribution in [0.25, 0.3) is 0 Å². The molecule has 0 aliphatic heterocycles. The smallest absolute Gasteiger partial charge is 0.291 e. The van der Waals surface area contributed by atoms with Gasteiger partial charge in [0.1, 0.15) is 0 Å². The minimum Gasteiger partial charge on any atom is -0.300 e. The average Bonchev–Trinajstić information content (AvgIpc) is 2.91. The fourth-order valence-corrected chi connectivity index (χ4v) is 1.86. The van der Waals surface area contributed by atoms with Gasteiger partial charge in [-0.05, 0) is 43.3 Å². The van der Waals surface area contributed by atoms with Crippen LogP contribution in [-0.2, 0) is 0 Å². The molecule has 0 unspecified atom stereocenters. The molecule has 114 valence electrons. The van der Waals surface area contributed by atoms with Crippen molar-refractivity contribution in [2.24, 2.45) is 20.5 Å². The van der Waals surface area contributed by atoms with Crippen LogP contribution in [0.15, 0.2) is 79.8 Å². The summed E-state index contributed by atoms with van der Waals surface area (Å²) in [6, 6.07) is 16.6. The summed E-state index contributed by atoms with van der Waals surface area (Å²) in [6.45, 7) is 1.75. The zero-order chi connectivity index (χ0) is 16.1. The number of aromatic amines is 2. The molecule has 0 aliphatic carbocycles. The monoisotopic (exact) mass is 306 g/mol. The highest BCUT2D eigenvalue weighted by atomic mass is 16.1. The van der Waals surface area contributed by atoms with Gasteiger partial charge in [0.25, 0.3) is 5.56 Å². The molecule has 0 amide bonds. The molecule has 0 saturated heterocycles. The highest BCUT2D eigenvalue weighted by Gasteiger charge is 2.03. The normalized spacial score (nSPS) is 11.5. The Bertz CT molecular complexity index is 890. The van der Waals surface area contributed by atoms with Crippen molar-refractivity contribution in [3.8, 4) is 0 Å². The first-order chi connectivity index (χ1) is 11.2. The van der Waals surface area contributed by atoms with Gasteiger partial charge in [-0.2, -0.15) is 15.3 Å². The fourth-order valence-electron chi connectivity index (χ4n) is 1.86. The molecule has 0 bridgehead atoms. The molecule has 0 fully saturated rings. The van der Waals surface area contributed by atoms with E-state index in [0.29, 0.717) is 17.1 Å². The Morgan fingerprint density at radius 3 is 1.74 bits per heavy atom. The summed E-state index contributed by atoms with van der Waals surface area (Å²) in [5.41, 5.74) is 2.76. The van der Waals surface area contributed by atoms with Gasteiger partial charge in [-0.15, -0.1) is 5.11 Å². The van der Waals surface area contributed by atoms with Crippen molar-refractivity contribution in [2.45, 2.75) is 6.92 Å². The largest absolute Gasteiger partial charge is 0.300 e. The first kappa shape index (κ1) is 14.6. The average molecular weight is 306 g/mol.